The second-order valence-electron chi connectivity index (χ2n) is 4.16. The zero-order chi connectivity index (χ0) is 13.0. The summed E-state index contributed by atoms with van der Waals surface area (Å²) >= 11 is 0. The van der Waals surface area contributed by atoms with Gasteiger partial charge in [-0.15, -0.1) is 0 Å². The third-order valence-electron chi connectivity index (χ3n) is 2.42. The third kappa shape index (κ3) is 3.13. The van der Waals surface area contributed by atoms with Crippen molar-refractivity contribution in [2.75, 3.05) is 0 Å². The van der Waals surface area contributed by atoms with Gasteiger partial charge in [-0.05, 0) is 37.1 Å². The molecule has 4 nitrogen and oxygen atoms in total. The summed E-state index contributed by atoms with van der Waals surface area (Å²) in [6.45, 7) is 4.34. The molecule has 0 amide bonds. The van der Waals surface area contributed by atoms with Crippen LogP contribution in [0, 0.1) is 13.8 Å². The van der Waals surface area contributed by atoms with Crippen molar-refractivity contribution in [1.82, 2.24) is 9.97 Å². The third-order valence-corrected chi connectivity index (χ3v) is 2.42. The molecule has 0 radical (unpaired) electrons. The van der Waals surface area contributed by atoms with Crippen molar-refractivity contribution in [1.29, 1.82) is 0 Å². The number of ether oxygens (including phenoxy) is 1. The summed E-state index contributed by atoms with van der Waals surface area (Å²) in [4.78, 5) is 18.5. The van der Waals surface area contributed by atoms with Gasteiger partial charge in [-0.3, -0.25) is 4.79 Å². The lowest BCUT2D eigenvalue weighted by Gasteiger charge is -2.07. The molecule has 2 rings (SSSR count). The van der Waals surface area contributed by atoms with Crippen LogP contribution < -0.4 is 4.74 Å². The molecule has 0 atom stereocenters. The molecule has 2 aromatic rings. The predicted octanol–water partition coefficient (Wildman–Crippen LogP) is 2.48. The van der Waals surface area contributed by atoms with Gasteiger partial charge in [0.1, 0.15) is 12.4 Å². The van der Waals surface area contributed by atoms with Gasteiger partial charge in [0, 0.05) is 12.4 Å². The number of rotatable bonds is 4. The molecule has 0 unspecified atom stereocenters. The highest BCUT2D eigenvalue weighted by atomic mass is 16.5. The van der Waals surface area contributed by atoms with E-state index in [2.05, 4.69) is 16.0 Å². The lowest BCUT2D eigenvalue weighted by molar-refractivity contribution is 0.112. The number of hydrogen-bond donors (Lipinski definition) is 0. The van der Waals surface area contributed by atoms with Crippen LogP contribution in [-0.2, 0) is 6.61 Å². The molecule has 0 aliphatic rings. The van der Waals surface area contributed by atoms with E-state index in [0.29, 0.717) is 24.3 Å². The SMILES string of the molecule is Cc1cc(C)cc(OCc2ncc(C=O)cn2)c1. The van der Waals surface area contributed by atoms with E-state index in [4.69, 9.17) is 4.74 Å². The van der Waals surface area contributed by atoms with E-state index < -0.39 is 0 Å². The van der Waals surface area contributed by atoms with Crippen molar-refractivity contribution in [3.63, 3.8) is 0 Å². The first-order valence-electron chi connectivity index (χ1n) is 5.64. The summed E-state index contributed by atoms with van der Waals surface area (Å²) in [5.74, 6) is 1.36. The van der Waals surface area contributed by atoms with Crippen molar-refractivity contribution >= 4 is 6.29 Å². The Balaban J connectivity index is 2.03. The Hall–Kier alpha value is -2.23. The molecule has 0 saturated carbocycles. The Bertz CT molecular complexity index is 530. The monoisotopic (exact) mass is 242 g/mol. The van der Waals surface area contributed by atoms with Crippen LogP contribution in [-0.4, -0.2) is 16.3 Å². The van der Waals surface area contributed by atoms with Crippen molar-refractivity contribution in [3.8, 4) is 5.75 Å². The van der Waals surface area contributed by atoms with Gasteiger partial charge < -0.3 is 4.74 Å². The average Bonchev–Trinajstić information content (AvgIpc) is 2.36. The van der Waals surface area contributed by atoms with Gasteiger partial charge in [-0.2, -0.15) is 0 Å². The minimum Gasteiger partial charge on any atom is -0.486 e. The second kappa shape index (κ2) is 5.40. The molecule has 4 heteroatoms. The molecule has 0 spiro atoms. The van der Waals surface area contributed by atoms with Crippen molar-refractivity contribution in [3.05, 3.63) is 53.1 Å². The van der Waals surface area contributed by atoms with E-state index in [1.165, 1.54) is 12.4 Å². The lowest BCUT2D eigenvalue weighted by Crippen LogP contribution is -2.02. The lowest BCUT2D eigenvalue weighted by atomic mass is 10.1. The molecular weight excluding hydrogens is 228 g/mol. The quantitative estimate of drug-likeness (QED) is 0.773. The fourth-order valence-electron chi connectivity index (χ4n) is 1.66. The zero-order valence-electron chi connectivity index (χ0n) is 10.4. The van der Waals surface area contributed by atoms with Crippen molar-refractivity contribution in [2.45, 2.75) is 20.5 Å². The van der Waals surface area contributed by atoms with E-state index in [1.54, 1.807) is 0 Å². The van der Waals surface area contributed by atoms with Crippen LogP contribution in [0.5, 0.6) is 5.75 Å². The average molecular weight is 242 g/mol. The van der Waals surface area contributed by atoms with Crippen LogP contribution >= 0.6 is 0 Å². The molecule has 1 aromatic heterocycles. The van der Waals surface area contributed by atoms with E-state index in [1.807, 2.05) is 26.0 Å². The van der Waals surface area contributed by atoms with Gasteiger partial charge in [-0.1, -0.05) is 6.07 Å². The first-order chi connectivity index (χ1) is 8.67. The summed E-state index contributed by atoms with van der Waals surface area (Å²) in [5, 5.41) is 0. The topological polar surface area (TPSA) is 52.1 Å². The molecule has 0 N–H and O–H groups in total. The molecule has 0 fully saturated rings. The largest absolute Gasteiger partial charge is 0.486 e. The zero-order valence-corrected chi connectivity index (χ0v) is 10.4. The first-order valence-corrected chi connectivity index (χ1v) is 5.64. The first kappa shape index (κ1) is 12.2. The summed E-state index contributed by atoms with van der Waals surface area (Å²) < 4.78 is 5.61. The highest BCUT2D eigenvalue weighted by Gasteiger charge is 2.00. The summed E-state index contributed by atoms with van der Waals surface area (Å²) in [6.07, 6.45) is 3.69. The number of aldehydes is 1. The number of carbonyl (C=O) groups is 1. The van der Waals surface area contributed by atoms with E-state index in [-0.39, 0.29) is 0 Å². The van der Waals surface area contributed by atoms with Crippen LogP contribution in [0.2, 0.25) is 0 Å². The molecule has 0 aliphatic heterocycles. The highest BCUT2D eigenvalue weighted by molar-refractivity contribution is 5.73. The normalized spacial score (nSPS) is 10.1. The predicted molar refractivity (Wildman–Crippen MR) is 67.7 cm³/mol. The summed E-state index contributed by atoms with van der Waals surface area (Å²) in [5.41, 5.74) is 2.77. The molecule has 92 valence electrons. The Kier molecular flexibility index (Phi) is 3.67. The number of aromatic nitrogens is 2. The van der Waals surface area contributed by atoms with E-state index >= 15 is 0 Å². The standard InChI is InChI=1S/C14H14N2O2/c1-10-3-11(2)5-13(4-10)18-9-14-15-6-12(8-17)7-16-14/h3-8H,9H2,1-2H3. The molecule has 1 heterocycles. The minimum atomic E-state index is 0.294. The van der Waals surface area contributed by atoms with Crippen LogP contribution in [0.15, 0.2) is 30.6 Å². The molecule has 18 heavy (non-hydrogen) atoms. The van der Waals surface area contributed by atoms with Gasteiger partial charge in [0.25, 0.3) is 0 Å². The molecule has 1 aromatic carbocycles. The maximum Gasteiger partial charge on any atom is 0.166 e. The van der Waals surface area contributed by atoms with Crippen molar-refractivity contribution in [2.24, 2.45) is 0 Å². The Morgan fingerprint density at radius 2 is 1.72 bits per heavy atom. The number of hydrogen-bond acceptors (Lipinski definition) is 4. The number of nitrogens with zero attached hydrogens (tertiary/aromatic N) is 2. The van der Waals surface area contributed by atoms with Crippen LogP contribution in [0.25, 0.3) is 0 Å². The van der Waals surface area contributed by atoms with Crippen LogP contribution in [0.3, 0.4) is 0 Å². The molecule has 0 aliphatic carbocycles. The Morgan fingerprint density at radius 1 is 1.11 bits per heavy atom. The Morgan fingerprint density at radius 3 is 2.28 bits per heavy atom. The number of carbonyl (C=O) groups excluding carboxylic acids is 1. The summed E-state index contributed by atoms with van der Waals surface area (Å²) in [7, 11) is 0. The minimum absolute atomic E-state index is 0.294. The molecule has 0 saturated heterocycles. The number of aryl methyl sites for hydroxylation is 2. The fraction of sp³-hybridized carbons (Fsp3) is 0.214. The maximum atomic E-state index is 10.5. The molecule has 0 bridgehead atoms. The van der Waals surface area contributed by atoms with Gasteiger partial charge in [-0.25, -0.2) is 9.97 Å². The summed E-state index contributed by atoms with van der Waals surface area (Å²) in [6, 6.07) is 6.02. The molecular formula is C14H14N2O2. The Labute approximate surface area is 106 Å². The van der Waals surface area contributed by atoms with E-state index in [9.17, 15) is 4.79 Å². The van der Waals surface area contributed by atoms with Crippen LogP contribution in [0.1, 0.15) is 27.3 Å². The highest BCUT2D eigenvalue weighted by Crippen LogP contribution is 2.16. The number of benzene rings is 1. The van der Waals surface area contributed by atoms with Gasteiger partial charge in [0.15, 0.2) is 12.1 Å². The maximum absolute atomic E-state index is 10.5. The van der Waals surface area contributed by atoms with E-state index in [0.717, 1.165) is 16.9 Å². The second-order valence-corrected chi connectivity index (χ2v) is 4.16. The smallest absolute Gasteiger partial charge is 0.166 e. The van der Waals surface area contributed by atoms with Gasteiger partial charge in [0.05, 0.1) is 5.56 Å². The van der Waals surface area contributed by atoms with Crippen LogP contribution in [0.4, 0.5) is 0 Å². The fourth-order valence-corrected chi connectivity index (χ4v) is 1.66. The van der Waals surface area contributed by atoms with Gasteiger partial charge >= 0.3 is 0 Å². The van der Waals surface area contributed by atoms with Gasteiger partial charge in [0.2, 0.25) is 0 Å². The van der Waals surface area contributed by atoms with Crippen molar-refractivity contribution < 1.29 is 9.53 Å².